The quantitative estimate of drug-likeness (QED) is 0.561. The Hall–Kier alpha value is -2.23. The molecule has 3 unspecified atom stereocenters. The van der Waals surface area contributed by atoms with Crippen LogP contribution in [0.5, 0.6) is 0 Å². The molecule has 2 aromatic carbocycles. The van der Waals surface area contributed by atoms with Gasteiger partial charge in [0.1, 0.15) is 6.33 Å². The van der Waals surface area contributed by atoms with Crippen molar-refractivity contribution in [3.05, 3.63) is 77.1 Å². The van der Waals surface area contributed by atoms with E-state index >= 15 is 0 Å². The summed E-state index contributed by atoms with van der Waals surface area (Å²) in [5, 5.41) is 18.3. The third-order valence-corrected chi connectivity index (χ3v) is 6.34. The molecule has 1 aliphatic heterocycles. The maximum atomic E-state index is 9.32. The Morgan fingerprint density at radius 2 is 1.77 bits per heavy atom. The predicted molar refractivity (Wildman–Crippen MR) is 114 cm³/mol. The van der Waals surface area contributed by atoms with Crippen molar-refractivity contribution in [2.75, 3.05) is 5.75 Å². The SMILES string of the molecule is Cn1cnnc1SCC1CC(c2ccc(CO)cc2)OC(c2ccc(CN)cc2)O1. The third kappa shape index (κ3) is 4.91. The number of ether oxygens (including phenoxy) is 2. The van der Waals surface area contributed by atoms with Gasteiger partial charge in [-0.05, 0) is 16.7 Å². The van der Waals surface area contributed by atoms with Crippen LogP contribution in [-0.2, 0) is 29.7 Å². The first kappa shape index (κ1) is 21.0. The van der Waals surface area contributed by atoms with Gasteiger partial charge in [0.25, 0.3) is 0 Å². The van der Waals surface area contributed by atoms with E-state index in [0.717, 1.165) is 39.6 Å². The highest BCUT2D eigenvalue weighted by Gasteiger charge is 2.32. The summed E-state index contributed by atoms with van der Waals surface area (Å²) in [6.07, 6.45) is 1.86. The summed E-state index contributed by atoms with van der Waals surface area (Å²) in [6.45, 7) is 0.533. The van der Waals surface area contributed by atoms with E-state index in [9.17, 15) is 5.11 Å². The highest BCUT2D eigenvalue weighted by molar-refractivity contribution is 7.99. The average Bonchev–Trinajstić information content (AvgIpc) is 3.22. The van der Waals surface area contributed by atoms with Gasteiger partial charge in [0.05, 0.1) is 18.8 Å². The van der Waals surface area contributed by atoms with E-state index in [1.54, 1.807) is 18.1 Å². The molecule has 0 bridgehead atoms. The maximum Gasteiger partial charge on any atom is 0.190 e. The fraction of sp³-hybridized carbons (Fsp3) is 0.364. The smallest absolute Gasteiger partial charge is 0.190 e. The van der Waals surface area contributed by atoms with Gasteiger partial charge in [0.15, 0.2) is 11.4 Å². The molecule has 4 rings (SSSR count). The molecule has 0 amide bonds. The first-order chi connectivity index (χ1) is 14.7. The van der Waals surface area contributed by atoms with Crippen LogP contribution in [0.2, 0.25) is 0 Å². The van der Waals surface area contributed by atoms with Crippen molar-refractivity contribution >= 4 is 11.8 Å². The van der Waals surface area contributed by atoms with Gasteiger partial charge in [0.2, 0.25) is 0 Å². The lowest BCUT2D eigenvalue weighted by Gasteiger charge is -2.36. The highest BCUT2D eigenvalue weighted by Crippen LogP contribution is 2.39. The van der Waals surface area contributed by atoms with Crippen LogP contribution in [0.4, 0.5) is 0 Å². The summed E-state index contributed by atoms with van der Waals surface area (Å²) in [4.78, 5) is 0. The molecule has 2 heterocycles. The van der Waals surface area contributed by atoms with Crippen molar-refractivity contribution < 1.29 is 14.6 Å². The van der Waals surface area contributed by atoms with Gasteiger partial charge in [-0.15, -0.1) is 10.2 Å². The Labute approximate surface area is 180 Å². The lowest BCUT2D eigenvalue weighted by atomic mass is 10.0. The van der Waals surface area contributed by atoms with Gasteiger partial charge >= 0.3 is 0 Å². The summed E-state index contributed by atoms with van der Waals surface area (Å²) in [5.74, 6) is 0.749. The molecule has 0 spiro atoms. The van der Waals surface area contributed by atoms with Crippen LogP contribution in [0.25, 0.3) is 0 Å². The predicted octanol–water partition coefficient (Wildman–Crippen LogP) is 3.10. The number of rotatable bonds is 7. The van der Waals surface area contributed by atoms with Crippen LogP contribution < -0.4 is 5.73 Å². The second kappa shape index (κ2) is 9.72. The van der Waals surface area contributed by atoms with Crippen LogP contribution in [-0.4, -0.2) is 31.7 Å². The topological polar surface area (TPSA) is 95.4 Å². The largest absolute Gasteiger partial charge is 0.392 e. The van der Waals surface area contributed by atoms with Crippen molar-refractivity contribution in [1.82, 2.24) is 14.8 Å². The minimum absolute atomic E-state index is 0.0119. The number of aliphatic hydroxyl groups excluding tert-OH is 1. The molecule has 3 atom stereocenters. The first-order valence-electron chi connectivity index (χ1n) is 9.92. The van der Waals surface area contributed by atoms with E-state index in [4.69, 9.17) is 15.2 Å². The molecule has 8 heteroatoms. The molecular weight excluding hydrogens is 400 g/mol. The van der Waals surface area contributed by atoms with Crippen LogP contribution in [0.15, 0.2) is 60.0 Å². The molecule has 1 aliphatic rings. The van der Waals surface area contributed by atoms with E-state index in [0.29, 0.717) is 6.54 Å². The zero-order valence-electron chi connectivity index (χ0n) is 16.8. The van der Waals surface area contributed by atoms with Crippen molar-refractivity contribution in [3.8, 4) is 0 Å². The molecule has 158 valence electrons. The lowest BCUT2D eigenvalue weighted by molar-refractivity contribution is -0.245. The number of aromatic nitrogens is 3. The summed E-state index contributed by atoms with van der Waals surface area (Å²) in [6, 6.07) is 15.9. The zero-order chi connectivity index (χ0) is 20.9. The second-order valence-corrected chi connectivity index (χ2v) is 8.32. The van der Waals surface area contributed by atoms with E-state index in [1.165, 1.54) is 0 Å². The molecule has 3 N–H and O–H groups in total. The third-order valence-electron chi connectivity index (χ3n) is 5.17. The Balaban J connectivity index is 1.53. The number of aryl methyl sites for hydroxylation is 1. The summed E-state index contributed by atoms with van der Waals surface area (Å²) in [7, 11) is 1.93. The summed E-state index contributed by atoms with van der Waals surface area (Å²) in [5.41, 5.74) is 9.72. The number of benzene rings is 2. The Kier molecular flexibility index (Phi) is 6.81. The van der Waals surface area contributed by atoms with Crippen LogP contribution in [0.1, 0.15) is 41.1 Å². The fourth-order valence-electron chi connectivity index (χ4n) is 3.40. The van der Waals surface area contributed by atoms with Gasteiger partial charge in [-0.1, -0.05) is 60.3 Å². The van der Waals surface area contributed by atoms with Crippen molar-refractivity contribution in [1.29, 1.82) is 0 Å². The number of hydrogen-bond acceptors (Lipinski definition) is 7. The standard InChI is InChI=1S/C22H26N4O3S/c1-26-14-24-25-22(26)30-13-19-10-20(17-6-4-16(12-27)5-7-17)29-21(28-19)18-8-2-15(11-23)3-9-18/h2-9,14,19-21,27H,10-13,23H2,1H3. The van der Waals surface area contributed by atoms with Crippen LogP contribution in [0, 0.1) is 0 Å². The summed E-state index contributed by atoms with van der Waals surface area (Å²) >= 11 is 1.63. The zero-order valence-corrected chi connectivity index (χ0v) is 17.7. The molecule has 0 radical (unpaired) electrons. The molecule has 30 heavy (non-hydrogen) atoms. The van der Waals surface area contributed by atoms with Gasteiger partial charge in [-0.3, -0.25) is 0 Å². The Morgan fingerprint density at radius 3 is 2.40 bits per heavy atom. The maximum absolute atomic E-state index is 9.32. The van der Waals surface area contributed by atoms with Gasteiger partial charge < -0.3 is 24.9 Å². The van der Waals surface area contributed by atoms with Gasteiger partial charge in [-0.25, -0.2) is 0 Å². The average molecular weight is 427 g/mol. The molecule has 7 nitrogen and oxygen atoms in total. The normalized spacial score (nSPS) is 21.6. The molecule has 1 saturated heterocycles. The van der Waals surface area contributed by atoms with E-state index in [1.807, 2.05) is 60.1 Å². The highest BCUT2D eigenvalue weighted by atomic mass is 32.2. The molecular formula is C22H26N4O3S. The van der Waals surface area contributed by atoms with Gasteiger partial charge in [0, 0.05) is 31.3 Å². The molecule has 1 fully saturated rings. The molecule has 0 aliphatic carbocycles. The molecule has 3 aromatic rings. The molecule has 1 aromatic heterocycles. The molecule has 0 saturated carbocycles. The van der Waals surface area contributed by atoms with Crippen LogP contribution >= 0.6 is 11.8 Å². The van der Waals surface area contributed by atoms with Gasteiger partial charge in [-0.2, -0.15) is 0 Å². The van der Waals surface area contributed by atoms with Crippen molar-refractivity contribution in [2.45, 2.75) is 43.2 Å². The number of hydrogen-bond donors (Lipinski definition) is 2. The minimum Gasteiger partial charge on any atom is -0.392 e. The van der Waals surface area contributed by atoms with E-state index in [2.05, 4.69) is 10.2 Å². The minimum atomic E-state index is -0.460. The Morgan fingerprint density at radius 1 is 1.07 bits per heavy atom. The fourth-order valence-corrected chi connectivity index (χ4v) is 4.31. The van der Waals surface area contributed by atoms with Crippen LogP contribution in [0.3, 0.4) is 0 Å². The second-order valence-electron chi connectivity index (χ2n) is 7.33. The lowest BCUT2D eigenvalue weighted by Crippen LogP contribution is -2.31. The first-order valence-corrected chi connectivity index (χ1v) is 10.9. The number of aliphatic hydroxyl groups is 1. The summed E-state index contributed by atoms with van der Waals surface area (Å²) < 4.78 is 14.5. The van der Waals surface area contributed by atoms with E-state index in [-0.39, 0.29) is 18.8 Å². The Bertz CT molecular complexity index is 890. The van der Waals surface area contributed by atoms with E-state index < -0.39 is 6.29 Å². The number of nitrogens with two attached hydrogens (primary N) is 1. The van der Waals surface area contributed by atoms with Crippen molar-refractivity contribution in [2.24, 2.45) is 12.8 Å². The monoisotopic (exact) mass is 426 g/mol. The van der Waals surface area contributed by atoms with Crippen molar-refractivity contribution in [3.63, 3.8) is 0 Å². The number of nitrogens with zero attached hydrogens (tertiary/aromatic N) is 3. The number of thioether (sulfide) groups is 1.